The summed E-state index contributed by atoms with van der Waals surface area (Å²) in [6.45, 7) is 3.08. The monoisotopic (exact) mass is 443 g/mol. The molecule has 0 bridgehead atoms. The lowest BCUT2D eigenvalue weighted by atomic mass is 9.71. The molecular weight excluding hydrogens is 418 g/mol. The molecule has 1 aliphatic carbocycles. The highest BCUT2D eigenvalue weighted by atomic mass is 35.5. The zero-order chi connectivity index (χ0) is 22.2. The molecule has 1 saturated heterocycles. The molecule has 31 heavy (non-hydrogen) atoms. The van der Waals surface area contributed by atoms with Crippen LogP contribution in [0.5, 0.6) is 0 Å². The van der Waals surface area contributed by atoms with E-state index in [4.69, 9.17) is 17.3 Å². The number of anilines is 1. The first-order valence-corrected chi connectivity index (χ1v) is 11.0. The molecular formula is C22H26ClN5O3. The lowest BCUT2D eigenvalue weighted by Crippen LogP contribution is -2.46. The number of aromatic amines is 1. The number of rotatable bonds is 5. The van der Waals surface area contributed by atoms with Crippen LogP contribution in [0.4, 0.5) is 5.69 Å². The van der Waals surface area contributed by atoms with E-state index in [1.54, 1.807) is 11.0 Å². The van der Waals surface area contributed by atoms with Crippen LogP contribution in [-0.2, 0) is 4.79 Å². The highest BCUT2D eigenvalue weighted by Crippen LogP contribution is 2.47. The second kappa shape index (κ2) is 8.34. The Morgan fingerprint density at radius 3 is 2.71 bits per heavy atom. The highest BCUT2D eigenvalue weighted by molar-refractivity contribution is 6.31. The fraction of sp³-hybridized carbons (Fsp3) is 0.455. The van der Waals surface area contributed by atoms with Crippen molar-refractivity contribution in [2.45, 2.75) is 45.1 Å². The van der Waals surface area contributed by atoms with Crippen molar-refractivity contribution in [1.29, 1.82) is 0 Å². The van der Waals surface area contributed by atoms with Gasteiger partial charge in [-0.1, -0.05) is 17.7 Å². The topological polar surface area (TPSA) is 112 Å². The minimum Gasteiger partial charge on any atom is -0.364 e. The number of amides is 3. The van der Waals surface area contributed by atoms with Crippen molar-refractivity contribution in [3.63, 3.8) is 0 Å². The van der Waals surface area contributed by atoms with E-state index < -0.39 is 5.91 Å². The van der Waals surface area contributed by atoms with Crippen molar-refractivity contribution in [3.8, 4) is 0 Å². The zero-order valence-corrected chi connectivity index (χ0v) is 18.2. The van der Waals surface area contributed by atoms with Gasteiger partial charge in [-0.15, -0.1) is 0 Å². The summed E-state index contributed by atoms with van der Waals surface area (Å²) in [5.74, 6) is -0.874. The Morgan fingerprint density at radius 1 is 1.32 bits per heavy atom. The van der Waals surface area contributed by atoms with Crippen molar-refractivity contribution in [2.24, 2.45) is 11.1 Å². The minimum absolute atomic E-state index is 0.000159. The number of nitrogens with one attached hydrogen (secondary N) is 1. The second-order valence-electron chi connectivity index (χ2n) is 8.28. The van der Waals surface area contributed by atoms with Crippen LogP contribution in [0.25, 0.3) is 0 Å². The van der Waals surface area contributed by atoms with Gasteiger partial charge in [-0.2, -0.15) is 0 Å². The van der Waals surface area contributed by atoms with Gasteiger partial charge < -0.3 is 20.5 Å². The number of carbonyl (C=O) groups is 3. The molecule has 164 valence electrons. The number of hydrogen-bond acceptors (Lipinski definition) is 4. The van der Waals surface area contributed by atoms with E-state index in [-0.39, 0.29) is 34.7 Å². The maximum absolute atomic E-state index is 13.3. The first kappa shape index (κ1) is 21.4. The number of primary amides is 1. The number of hydrogen-bond donors (Lipinski definition) is 2. The van der Waals surface area contributed by atoms with Gasteiger partial charge in [0.15, 0.2) is 5.69 Å². The molecule has 0 unspecified atom stereocenters. The number of nitrogens with two attached hydrogens (primary N) is 1. The third-order valence-corrected chi connectivity index (χ3v) is 6.91. The lowest BCUT2D eigenvalue weighted by molar-refractivity contribution is -0.127. The Labute approximate surface area is 185 Å². The van der Waals surface area contributed by atoms with Crippen LogP contribution in [0.15, 0.2) is 30.6 Å². The van der Waals surface area contributed by atoms with Gasteiger partial charge >= 0.3 is 0 Å². The fourth-order valence-corrected chi connectivity index (χ4v) is 5.18. The van der Waals surface area contributed by atoms with E-state index in [1.165, 1.54) is 6.33 Å². The number of imidazole rings is 1. The van der Waals surface area contributed by atoms with Gasteiger partial charge in [0.2, 0.25) is 5.91 Å². The predicted octanol–water partition coefficient (Wildman–Crippen LogP) is 2.99. The molecule has 3 amide bonds. The average Bonchev–Trinajstić information content (AvgIpc) is 3.36. The Kier molecular flexibility index (Phi) is 5.75. The zero-order valence-electron chi connectivity index (χ0n) is 17.4. The van der Waals surface area contributed by atoms with Crippen molar-refractivity contribution < 1.29 is 14.4 Å². The summed E-state index contributed by atoms with van der Waals surface area (Å²) < 4.78 is 0. The Morgan fingerprint density at radius 2 is 2.06 bits per heavy atom. The van der Waals surface area contributed by atoms with Gasteiger partial charge in [0, 0.05) is 29.8 Å². The van der Waals surface area contributed by atoms with Crippen LogP contribution in [0.3, 0.4) is 0 Å². The molecule has 1 aromatic carbocycles. The standard InChI is InChI=1S/C22H26ClN5O3/c1-2-27(20(30)18-17(19(24)29)25-13-26-18)15-6-8-22(9-7-15)10-11-28(21(22)31)16-5-3-4-14(23)12-16/h3-5,12-13,15H,2,6-11H2,1H3,(H2,24,29)(H,25,26). The van der Waals surface area contributed by atoms with E-state index in [1.807, 2.05) is 30.0 Å². The van der Waals surface area contributed by atoms with Crippen LogP contribution >= 0.6 is 11.6 Å². The number of benzene rings is 1. The normalized spacial score (nSPS) is 23.4. The van der Waals surface area contributed by atoms with Crippen LogP contribution < -0.4 is 10.6 Å². The van der Waals surface area contributed by atoms with Gasteiger partial charge in [0.05, 0.1) is 11.7 Å². The number of nitrogens with zero attached hydrogens (tertiary/aromatic N) is 3. The molecule has 8 nitrogen and oxygen atoms in total. The largest absolute Gasteiger partial charge is 0.364 e. The Hall–Kier alpha value is -2.87. The predicted molar refractivity (Wildman–Crippen MR) is 117 cm³/mol. The fourth-order valence-electron chi connectivity index (χ4n) is 5.00. The van der Waals surface area contributed by atoms with Crippen LogP contribution in [-0.4, -0.2) is 51.7 Å². The van der Waals surface area contributed by atoms with Crippen molar-refractivity contribution in [3.05, 3.63) is 47.0 Å². The van der Waals surface area contributed by atoms with E-state index in [0.717, 1.165) is 37.8 Å². The molecule has 1 aromatic heterocycles. The van der Waals surface area contributed by atoms with Crippen LogP contribution in [0, 0.1) is 5.41 Å². The first-order valence-electron chi connectivity index (χ1n) is 10.6. The summed E-state index contributed by atoms with van der Waals surface area (Å²) in [4.78, 5) is 48.2. The smallest absolute Gasteiger partial charge is 0.273 e. The Balaban J connectivity index is 1.46. The number of halogens is 1. The average molecular weight is 444 g/mol. The summed E-state index contributed by atoms with van der Waals surface area (Å²) in [6, 6.07) is 7.38. The van der Waals surface area contributed by atoms with Gasteiger partial charge in [-0.3, -0.25) is 14.4 Å². The van der Waals surface area contributed by atoms with Crippen molar-refractivity contribution >= 4 is 35.0 Å². The van der Waals surface area contributed by atoms with E-state index >= 15 is 0 Å². The van der Waals surface area contributed by atoms with Crippen LogP contribution in [0.2, 0.25) is 5.02 Å². The molecule has 0 atom stereocenters. The number of carbonyl (C=O) groups excluding carboxylic acids is 3. The van der Waals surface area contributed by atoms with E-state index in [2.05, 4.69) is 9.97 Å². The molecule has 2 fully saturated rings. The minimum atomic E-state index is -0.735. The molecule has 2 aliphatic rings. The molecule has 2 aromatic rings. The molecule has 1 aliphatic heterocycles. The van der Waals surface area contributed by atoms with Gasteiger partial charge in [0.25, 0.3) is 11.8 Å². The summed E-state index contributed by atoms with van der Waals surface area (Å²) >= 11 is 6.11. The maximum atomic E-state index is 13.3. The van der Waals surface area contributed by atoms with E-state index in [9.17, 15) is 14.4 Å². The van der Waals surface area contributed by atoms with Gasteiger partial charge in [0.1, 0.15) is 5.69 Å². The second-order valence-corrected chi connectivity index (χ2v) is 8.72. The highest BCUT2D eigenvalue weighted by Gasteiger charge is 2.49. The van der Waals surface area contributed by atoms with E-state index in [0.29, 0.717) is 18.1 Å². The van der Waals surface area contributed by atoms with Crippen molar-refractivity contribution in [2.75, 3.05) is 18.0 Å². The summed E-state index contributed by atoms with van der Waals surface area (Å²) in [6.07, 6.45) is 5.02. The maximum Gasteiger partial charge on any atom is 0.273 e. The molecule has 0 radical (unpaired) electrons. The molecule has 3 N–H and O–H groups in total. The third-order valence-electron chi connectivity index (χ3n) is 6.67. The quantitative estimate of drug-likeness (QED) is 0.739. The summed E-state index contributed by atoms with van der Waals surface area (Å²) in [5, 5.41) is 0.612. The molecule has 4 rings (SSSR count). The number of H-pyrrole nitrogens is 1. The lowest BCUT2D eigenvalue weighted by Gasteiger charge is -2.40. The summed E-state index contributed by atoms with van der Waals surface area (Å²) in [5.41, 5.74) is 5.87. The van der Waals surface area contributed by atoms with Crippen LogP contribution in [0.1, 0.15) is 60.0 Å². The molecule has 1 saturated carbocycles. The molecule has 9 heteroatoms. The SMILES string of the molecule is CCN(C(=O)c1[nH]cnc1C(N)=O)C1CCC2(CC1)CCN(c1cccc(Cl)c1)C2=O. The van der Waals surface area contributed by atoms with Crippen molar-refractivity contribution in [1.82, 2.24) is 14.9 Å². The molecule has 1 spiro atoms. The van der Waals surface area contributed by atoms with Gasteiger partial charge in [-0.25, -0.2) is 4.98 Å². The summed E-state index contributed by atoms with van der Waals surface area (Å²) in [7, 11) is 0. The number of aromatic nitrogens is 2. The Bertz CT molecular complexity index is 1010. The third kappa shape index (κ3) is 3.80. The molecule has 2 heterocycles. The first-order chi connectivity index (χ1) is 14.9. The van der Waals surface area contributed by atoms with Gasteiger partial charge in [-0.05, 0) is 57.2 Å².